The predicted molar refractivity (Wildman–Crippen MR) is 82.4 cm³/mol. The van der Waals surface area contributed by atoms with Gasteiger partial charge in [-0.3, -0.25) is 19.0 Å². The van der Waals surface area contributed by atoms with Gasteiger partial charge >= 0.3 is 23.6 Å². The number of anilines is 1. The molecule has 26 heavy (non-hydrogen) atoms. The van der Waals surface area contributed by atoms with Crippen molar-refractivity contribution in [2.75, 3.05) is 12.3 Å². The summed E-state index contributed by atoms with van der Waals surface area (Å²) in [5, 5.41) is 0. The summed E-state index contributed by atoms with van der Waals surface area (Å²) in [6, 6.07) is 0. The van der Waals surface area contributed by atoms with Gasteiger partial charge in [-0.15, -0.1) is 0 Å². The van der Waals surface area contributed by atoms with Gasteiger partial charge in [-0.2, -0.15) is 4.98 Å². The van der Waals surface area contributed by atoms with Crippen LogP contribution in [0.15, 0.2) is 11.1 Å². The zero-order chi connectivity index (χ0) is 19.4. The van der Waals surface area contributed by atoms with Gasteiger partial charge in [0.15, 0.2) is 18.4 Å². The highest BCUT2D eigenvalue weighted by atomic mass is 16.7. The molecule has 1 saturated heterocycles. The van der Waals surface area contributed by atoms with Crippen molar-refractivity contribution in [1.29, 1.82) is 0 Å². The summed E-state index contributed by atoms with van der Waals surface area (Å²) in [5.41, 5.74) is 4.54. The Labute approximate surface area is 147 Å². The van der Waals surface area contributed by atoms with Gasteiger partial charge in [-0.1, -0.05) is 0 Å². The van der Waals surface area contributed by atoms with Crippen molar-refractivity contribution in [2.24, 2.45) is 0 Å². The molecule has 1 aliphatic rings. The van der Waals surface area contributed by atoms with Crippen LogP contribution in [0.4, 0.5) is 5.95 Å². The Balaban J connectivity index is 2.40. The topological polar surface area (TPSA) is 162 Å². The minimum atomic E-state index is -1.21. The van der Waals surface area contributed by atoms with Crippen LogP contribution in [0, 0.1) is 0 Å². The number of hydrogen-bond acceptors (Lipinski definition) is 11. The standard InChI is InChI=1S/C14H18N4O8/c1-6(19)23-4-9-10(24-7(2)20)11(25-8(3)21)12(26-9)18-5-16-13(15)17-14(18)22/h5,9-12H,4H2,1-3H3,(H2,15,17,22)/t9-,10?,11?,12-/m1/s1. The second-order valence-electron chi connectivity index (χ2n) is 5.42. The van der Waals surface area contributed by atoms with Crippen LogP contribution in [0.1, 0.15) is 27.0 Å². The molecule has 0 spiro atoms. The van der Waals surface area contributed by atoms with E-state index in [0.29, 0.717) is 0 Å². The lowest BCUT2D eigenvalue weighted by atomic mass is 10.1. The Hall–Kier alpha value is -3.02. The lowest BCUT2D eigenvalue weighted by Crippen LogP contribution is -2.42. The Morgan fingerprint density at radius 3 is 2.31 bits per heavy atom. The Morgan fingerprint density at radius 1 is 1.15 bits per heavy atom. The minimum Gasteiger partial charge on any atom is -0.463 e. The quantitative estimate of drug-likeness (QED) is 0.476. The molecular formula is C14H18N4O8. The van der Waals surface area contributed by atoms with Gasteiger partial charge < -0.3 is 24.7 Å². The van der Waals surface area contributed by atoms with Crippen molar-refractivity contribution in [3.05, 3.63) is 16.8 Å². The molecule has 12 nitrogen and oxygen atoms in total. The fourth-order valence-electron chi connectivity index (χ4n) is 2.45. The molecule has 1 fully saturated rings. The summed E-state index contributed by atoms with van der Waals surface area (Å²) in [6.07, 6.45) is -3.45. The molecule has 0 aliphatic carbocycles. The van der Waals surface area contributed by atoms with E-state index < -0.39 is 48.1 Å². The van der Waals surface area contributed by atoms with Crippen LogP contribution >= 0.6 is 0 Å². The molecule has 0 radical (unpaired) electrons. The molecule has 1 aromatic heterocycles. The molecule has 1 aliphatic heterocycles. The molecule has 12 heteroatoms. The SMILES string of the molecule is CC(=O)OC[C@H]1O[C@@H](n2cnc(N)nc2=O)C(OC(C)=O)C1OC(C)=O. The fourth-order valence-corrected chi connectivity index (χ4v) is 2.45. The first-order chi connectivity index (χ1) is 12.2. The third kappa shape index (κ3) is 4.53. The summed E-state index contributed by atoms with van der Waals surface area (Å²) in [4.78, 5) is 53.2. The van der Waals surface area contributed by atoms with E-state index in [1.807, 2.05) is 0 Å². The summed E-state index contributed by atoms with van der Waals surface area (Å²) in [6.45, 7) is 3.20. The van der Waals surface area contributed by atoms with Crippen LogP contribution in [0.3, 0.4) is 0 Å². The van der Waals surface area contributed by atoms with Gasteiger partial charge in [0.1, 0.15) is 19.0 Å². The van der Waals surface area contributed by atoms with Crippen LogP contribution in [-0.2, 0) is 33.3 Å². The Bertz CT molecular complexity index is 764. The molecule has 4 atom stereocenters. The third-order valence-corrected chi connectivity index (χ3v) is 3.36. The maximum atomic E-state index is 12.1. The first-order valence-electron chi connectivity index (χ1n) is 7.53. The number of nitrogens with zero attached hydrogens (tertiary/aromatic N) is 3. The van der Waals surface area contributed by atoms with Gasteiger partial charge in [0, 0.05) is 20.8 Å². The van der Waals surface area contributed by atoms with Crippen molar-refractivity contribution in [3.63, 3.8) is 0 Å². The number of carbonyl (C=O) groups excluding carboxylic acids is 3. The van der Waals surface area contributed by atoms with Crippen molar-refractivity contribution in [1.82, 2.24) is 14.5 Å². The van der Waals surface area contributed by atoms with Crippen LogP contribution in [0.5, 0.6) is 0 Å². The second kappa shape index (κ2) is 7.91. The van der Waals surface area contributed by atoms with E-state index in [1.165, 1.54) is 6.92 Å². The summed E-state index contributed by atoms with van der Waals surface area (Å²) in [7, 11) is 0. The number of hydrogen-bond donors (Lipinski definition) is 1. The van der Waals surface area contributed by atoms with Gasteiger partial charge in [0.25, 0.3) is 0 Å². The minimum absolute atomic E-state index is 0.249. The average molecular weight is 370 g/mol. The van der Waals surface area contributed by atoms with E-state index in [2.05, 4.69) is 9.97 Å². The number of nitrogen functional groups attached to an aromatic ring is 1. The lowest BCUT2D eigenvalue weighted by molar-refractivity contribution is -0.166. The predicted octanol–water partition coefficient (Wildman–Crippen LogP) is -1.46. The lowest BCUT2D eigenvalue weighted by Gasteiger charge is -2.23. The molecule has 0 amide bonds. The molecule has 1 aromatic rings. The van der Waals surface area contributed by atoms with E-state index in [4.69, 9.17) is 24.7 Å². The Kier molecular flexibility index (Phi) is 5.87. The molecule has 0 bridgehead atoms. The maximum Gasteiger partial charge on any atom is 0.354 e. The average Bonchev–Trinajstić information content (AvgIpc) is 2.82. The number of carbonyl (C=O) groups is 3. The largest absolute Gasteiger partial charge is 0.463 e. The highest BCUT2D eigenvalue weighted by molar-refractivity contribution is 5.67. The molecule has 2 heterocycles. The van der Waals surface area contributed by atoms with Crippen molar-refractivity contribution in [2.45, 2.75) is 45.3 Å². The number of aromatic nitrogens is 3. The number of rotatable bonds is 5. The fraction of sp³-hybridized carbons (Fsp3) is 0.571. The van der Waals surface area contributed by atoms with E-state index in [0.717, 1.165) is 24.7 Å². The first-order valence-corrected chi connectivity index (χ1v) is 7.53. The molecular weight excluding hydrogens is 352 g/mol. The molecule has 0 aromatic carbocycles. The van der Waals surface area contributed by atoms with E-state index in [1.54, 1.807) is 0 Å². The normalized spacial score (nSPS) is 24.7. The monoisotopic (exact) mass is 370 g/mol. The maximum absolute atomic E-state index is 12.1. The number of ether oxygens (including phenoxy) is 4. The summed E-state index contributed by atoms with van der Waals surface area (Å²) in [5.74, 6) is -2.21. The van der Waals surface area contributed by atoms with Crippen molar-refractivity contribution < 1.29 is 33.3 Å². The molecule has 142 valence electrons. The molecule has 2 rings (SSSR count). The van der Waals surface area contributed by atoms with Crippen molar-refractivity contribution in [3.8, 4) is 0 Å². The van der Waals surface area contributed by atoms with Crippen LogP contribution in [0.2, 0.25) is 0 Å². The highest BCUT2D eigenvalue weighted by Gasteiger charge is 2.51. The number of esters is 3. The van der Waals surface area contributed by atoms with E-state index in [9.17, 15) is 19.2 Å². The number of nitrogens with two attached hydrogens (primary N) is 1. The highest BCUT2D eigenvalue weighted by Crippen LogP contribution is 2.33. The van der Waals surface area contributed by atoms with Gasteiger partial charge in [0.2, 0.25) is 5.95 Å². The Morgan fingerprint density at radius 2 is 1.77 bits per heavy atom. The van der Waals surface area contributed by atoms with Crippen molar-refractivity contribution >= 4 is 23.9 Å². The van der Waals surface area contributed by atoms with Crippen LogP contribution in [0.25, 0.3) is 0 Å². The van der Waals surface area contributed by atoms with Gasteiger partial charge in [-0.25, -0.2) is 9.78 Å². The molecule has 2 N–H and O–H groups in total. The zero-order valence-electron chi connectivity index (χ0n) is 14.3. The first kappa shape index (κ1) is 19.3. The third-order valence-electron chi connectivity index (χ3n) is 3.36. The smallest absolute Gasteiger partial charge is 0.354 e. The summed E-state index contributed by atoms with van der Waals surface area (Å²) < 4.78 is 21.8. The van der Waals surface area contributed by atoms with Crippen LogP contribution in [-0.4, -0.2) is 57.4 Å². The molecule has 0 saturated carbocycles. The zero-order valence-corrected chi connectivity index (χ0v) is 14.3. The molecule has 2 unspecified atom stereocenters. The van der Waals surface area contributed by atoms with Crippen LogP contribution < -0.4 is 11.4 Å². The van der Waals surface area contributed by atoms with E-state index in [-0.39, 0.29) is 12.6 Å². The summed E-state index contributed by atoms with van der Waals surface area (Å²) >= 11 is 0. The van der Waals surface area contributed by atoms with Gasteiger partial charge in [0.05, 0.1) is 0 Å². The van der Waals surface area contributed by atoms with E-state index >= 15 is 0 Å². The second-order valence-corrected chi connectivity index (χ2v) is 5.42. The van der Waals surface area contributed by atoms with Gasteiger partial charge in [-0.05, 0) is 0 Å².